The van der Waals surface area contributed by atoms with E-state index in [0.29, 0.717) is 0 Å². The molecule has 6 heavy (non-hydrogen) atoms. The molecule has 3 heteroatoms. The molecule has 0 aromatic heterocycles. The van der Waals surface area contributed by atoms with Gasteiger partial charge in [-0.1, -0.05) is 21.6 Å². The van der Waals surface area contributed by atoms with Gasteiger partial charge in [0.1, 0.15) is 0 Å². The third-order valence-electron chi connectivity index (χ3n) is 0.526. The van der Waals surface area contributed by atoms with Crippen LogP contribution >= 0.6 is 33.3 Å². The summed E-state index contributed by atoms with van der Waals surface area (Å²) < 4.78 is 0. The summed E-state index contributed by atoms with van der Waals surface area (Å²) in [4.78, 5) is 0. The Hall–Kier alpha value is 1.05. The number of rotatable bonds is 0. The van der Waals surface area contributed by atoms with E-state index in [-0.39, 0.29) is 0 Å². The van der Waals surface area contributed by atoms with Crippen molar-refractivity contribution in [3.63, 3.8) is 0 Å². The van der Waals surface area contributed by atoms with E-state index < -0.39 is 0 Å². The lowest BCUT2D eigenvalue weighted by atomic mass is 11.0. The fourth-order valence-electron chi connectivity index (χ4n) is 0.279. The van der Waals surface area contributed by atoms with E-state index in [9.17, 15) is 0 Å². The Morgan fingerprint density at radius 3 is 2.17 bits per heavy atom. The van der Waals surface area contributed by atoms with Gasteiger partial charge in [0.15, 0.2) is 0 Å². The molecule has 1 heterocycles. The maximum absolute atomic E-state index is 2.04. The Labute approximate surface area is 50.2 Å². The average molecular weight is 138 g/mol. The van der Waals surface area contributed by atoms with Gasteiger partial charge >= 0.3 is 0 Å². The van der Waals surface area contributed by atoms with Gasteiger partial charge in [-0.15, -0.1) is 11.8 Å². The molecule has 0 spiro atoms. The van der Waals surface area contributed by atoms with Crippen molar-refractivity contribution < 1.29 is 0 Å². The summed E-state index contributed by atoms with van der Waals surface area (Å²) >= 11 is 2.04. The Balaban J connectivity index is 2.00. The van der Waals surface area contributed by atoms with Gasteiger partial charge in [0.05, 0.1) is 0 Å². The van der Waals surface area contributed by atoms with Crippen LogP contribution in [-0.4, -0.2) is 16.6 Å². The molecule has 0 atom stereocenters. The molecule has 1 rings (SSSR count). The van der Waals surface area contributed by atoms with Gasteiger partial charge < -0.3 is 0 Å². The van der Waals surface area contributed by atoms with E-state index in [1.54, 1.807) is 0 Å². The van der Waals surface area contributed by atoms with Crippen LogP contribution in [0.1, 0.15) is 0 Å². The highest BCUT2D eigenvalue weighted by atomic mass is 33.1. The van der Waals surface area contributed by atoms with Crippen molar-refractivity contribution in [2.45, 2.75) is 0 Å². The van der Waals surface area contributed by atoms with Crippen LogP contribution in [0.15, 0.2) is 0 Å². The quantitative estimate of drug-likeness (QED) is 0.470. The van der Waals surface area contributed by atoms with Gasteiger partial charge in [0.2, 0.25) is 0 Å². The van der Waals surface area contributed by atoms with E-state index in [1.807, 2.05) is 33.3 Å². The van der Waals surface area contributed by atoms with Gasteiger partial charge in [-0.2, -0.15) is 0 Å². The minimum Gasteiger partial charge on any atom is -0.149 e. The minimum atomic E-state index is 1.30. The van der Waals surface area contributed by atoms with Gasteiger partial charge in [-0.05, 0) is 0 Å². The van der Waals surface area contributed by atoms with E-state index in [1.165, 1.54) is 16.6 Å². The number of thioether (sulfide) groups is 1. The van der Waals surface area contributed by atoms with E-state index >= 15 is 0 Å². The SMILES string of the molecule is C1CSSCS1. The summed E-state index contributed by atoms with van der Waals surface area (Å²) in [6, 6.07) is 0. The maximum Gasteiger partial charge on any atom is 0.0496 e. The summed E-state index contributed by atoms with van der Waals surface area (Å²) in [6.45, 7) is 0. The van der Waals surface area contributed by atoms with Crippen LogP contribution in [-0.2, 0) is 0 Å². The molecule has 0 aromatic carbocycles. The first-order chi connectivity index (χ1) is 3.00. The molecule has 0 nitrogen and oxygen atoms in total. The zero-order valence-electron chi connectivity index (χ0n) is 3.35. The predicted molar refractivity (Wildman–Crippen MR) is 37.4 cm³/mol. The van der Waals surface area contributed by atoms with Crippen molar-refractivity contribution in [3.8, 4) is 0 Å². The molecular formula is C3H6S3. The van der Waals surface area contributed by atoms with Crippen LogP contribution in [0.25, 0.3) is 0 Å². The maximum atomic E-state index is 2.04. The molecule has 1 aliphatic rings. The molecule has 36 valence electrons. The predicted octanol–water partition coefficient (Wildman–Crippen LogP) is 2.07. The minimum absolute atomic E-state index is 1.30. The van der Waals surface area contributed by atoms with Crippen LogP contribution in [0.3, 0.4) is 0 Å². The highest BCUT2D eigenvalue weighted by Gasteiger charge is 1.96. The average Bonchev–Trinajstić information content (AvgIpc) is 1.72. The van der Waals surface area contributed by atoms with Gasteiger partial charge in [-0.25, -0.2) is 0 Å². The van der Waals surface area contributed by atoms with Crippen molar-refractivity contribution in [1.82, 2.24) is 0 Å². The largest absolute Gasteiger partial charge is 0.149 e. The second kappa shape index (κ2) is 3.10. The molecule has 0 N–H and O–H groups in total. The zero-order valence-corrected chi connectivity index (χ0v) is 5.80. The number of hydrogen-bond donors (Lipinski definition) is 0. The molecule has 0 bridgehead atoms. The van der Waals surface area contributed by atoms with Crippen LogP contribution in [0, 0.1) is 0 Å². The van der Waals surface area contributed by atoms with Crippen LogP contribution in [0.4, 0.5) is 0 Å². The van der Waals surface area contributed by atoms with Crippen molar-refractivity contribution in [2.24, 2.45) is 0 Å². The summed E-state index contributed by atoms with van der Waals surface area (Å²) in [5, 5.41) is 1.30. The Bertz CT molecular complexity index is 21.5. The zero-order chi connectivity index (χ0) is 4.24. The second-order valence-electron chi connectivity index (χ2n) is 0.966. The fourth-order valence-corrected chi connectivity index (χ4v) is 4.35. The summed E-state index contributed by atoms with van der Waals surface area (Å²) in [6.07, 6.45) is 0. The monoisotopic (exact) mass is 138 g/mol. The lowest BCUT2D eigenvalue weighted by Crippen LogP contribution is -1.86. The van der Waals surface area contributed by atoms with Crippen molar-refractivity contribution in [3.05, 3.63) is 0 Å². The molecule has 0 aromatic rings. The van der Waals surface area contributed by atoms with Gasteiger partial charge in [0.25, 0.3) is 0 Å². The first-order valence-corrected chi connectivity index (χ1v) is 5.46. The third kappa shape index (κ3) is 1.67. The Morgan fingerprint density at radius 2 is 2.00 bits per heavy atom. The molecule has 0 saturated carbocycles. The fraction of sp³-hybridized carbons (Fsp3) is 1.00. The lowest BCUT2D eigenvalue weighted by molar-refractivity contribution is 1.56. The Kier molecular flexibility index (Phi) is 2.69. The molecule has 0 unspecified atom stereocenters. The highest BCUT2D eigenvalue weighted by molar-refractivity contribution is 8.78. The first kappa shape index (κ1) is 5.19. The molecule has 0 amide bonds. The highest BCUT2D eigenvalue weighted by Crippen LogP contribution is 2.31. The van der Waals surface area contributed by atoms with Crippen molar-refractivity contribution in [1.29, 1.82) is 0 Å². The normalized spacial score (nSPS) is 24.0. The molecule has 0 aliphatic carbocycles. The van der Waals surface area contributed by atoms with E-state index in [0.717, 1.165) is 0 Å². The van der Waals surface area contributed by atoms with Crippen LogP contribution in [0.2, 0.25) is 0 Å². The van der Waals surface area contributed by atoms with Crippen molar-refractivity contribution in [2.75, 3.05) is 16.6 Å². The molecule has 1 fully saturated rings. The molecule has 1 saturated heterocycles. The van der Waals surface area contributed by atoms with Crippen LogP contribution in [0.5, 0.6) is 0 Å². The number of hydrogen-bond acceptors (Lipinski definition) is 3. The Morgan fingerprint density at radius 1 is 1.00 bits per heavy atom. The molecular weight excluding hydrogens is 132 g/mol. The van der Waals surface area contributed by atoms with Crippen molar-refractivity contribution >= 4 is 33.3 Å². The molecule has 1 aliphatic heterocycles. The van der Waals surface area contributed by atoms with E-state index in [2.05, 4.69) is 0 Å². The second-order valence-corrected chi connectivity index (χ2v) is 5.02. The summed E-state index contributed by atoms with van der Waals surface area (Å²) in [5.74, 6) is 2.70. The van der Waals surface area contributed by atoms with Gasteiger partial charge in [0, 0.05) is 16.6 Å². The third-order valence-corrected chi connectivity index (χ3v) is 4.73. The lowest BCUT2D eigenvalue weighted by Gasteiger charge is -2.04. The van der Waals surface area contributed by atoms with Crippen LogP contribution < -0.4 is 0 Å². The molecule has 0 radical (unpaired) electrons. The van der Waals surface area contributed by atoms with E-state index in [4.69, 9.17) is 0 Å². The first-order valence-electron chi connectivity index (χ1n) is 1.82. The summed E-state index contributed by atoms with van der Waals surface area (Å²) in [7, 11) is 3.97. The topological polar surface area (TPSA) is 0 Å². The van der Waals surface area contributed by atoms with Gasteiger partial charge in [-0.3, -0.25) is 0 Å². The smallest absolute Gasteiger partial charge is 0.0496 e. The summed E-state index contributed by atoms with van der Waals surface area (Å²) in [5.41, 5.74) is 0. The standard InChI is InChI=1S/C3H6S3/c1-2-5-6-3-4-1/h1-3H2.